The van der Waals surface area contributed by atoms with Gasteiger partial charge in [-0.25, -0.2) is 0 Å². The highest BCUT2D eigenvalue weighted by Crippen LogP contribution is 2.43. The average Bonchev–Trinajstić information content (AvgIpc) is 3.12. The largest absolute Gasteiger partial charge is 0.493 e. The van der Waals surface area contributed by atoms with Crippen molar-refractivity contribution in [3.63, 3.8) is 0 Å². The van der Waals surface area contributed by atoms with Crippen LogP contribution in [0.1, 0.15) is 53.9 Å². The fourth-order valence-corrected chi connectivity index (χ4v) is 6.22. The molecule has 0 N–H and O–H groups in total. The summed E-state index contributed by atoms with van der Waals surface area (Å²) in [5.41, 5.74) is 5.22. The summed E-state index contributed by atoms with van der Waals surface area (Å²) in [6, 6.07) is 8.41. The van der Waals surface area contributed by atoms with E-state index in [0.717, 1.165) is 80.9 Å². The van der Waals surface area contributed by atoms with Crippen molar-refractivity contribution in [2.24, 2.45) is 5.92 Å². The number of nitrogens with zero attached hydrogens (tertiary/aromatic N) is 2. The molecule has 2 aliphatic carbocycles. The molecule has 0 radical (unpaired) electrons. The Morgan fingerprint density at radius 3 is 1.89 bits per heavy atom. The Hall–Kier alpha value is -2.93. The van der Waals surface area contributed by atoms with E-state index >= 15 is 0 Å². The lowest BCUT2D eigenvalue weighted by atomic mass is 9.76. The van der Waals surface area contributed by atoms with Crippen LogP contribution in [-0.2, 0) is 24.1 Å². The van der Waals surface area contributed by atoms with Gasteiger partial charge in [-0.15, -0.1) is 0 Å². The number of benzene rings is 2. The summed E-state index contributed by atoms with van der Waals surface area (Å²) in [5, 5.41) is 0. The van der Waals surface area contributed by atoms with Gasteiger partial charge in [0.2, 0.25) is 5.91 Å². The first-order valence-corrected chi connectivity index (χ1v) is 14.0. The molecule has 0 aromatic heterocycles. The van der Waals surface area contributed by atoms with Crippen LogP contribution in [0.15, 0.2) is 24.3 Å². The van der Waals surface area contributed by atoms with E-state index in [1.54, 1.807) is 28.4 Å². The van der Waals surface area contributed by atoms with Crippen molar-refractivity contribution in [2.75, 3.05) is 61.2 Å². The second-order valence-corrected chi connectivity index (χ2v) is 11.0. The molecular formula is C31H42N2O5. The third kappa shape index (κ3) is 5.58. The molecule has 7 nitrogen and oxygen atoms in total. The molecule has 1 amide bonds. The Balaban J connectivity index is 1.20. The molecule has 1 saturated carbocycles. The first kappa shape index (κ1) is 26.7. The molecule has 2 aromatic rings. The lowest BCUT2D eigenvalue weighted by Crippen LogP contribution is -2.41. The molecule has 0 unspecified atom stereocenters. The highest BCUT2D eigenvalue weighted by molar-refractivity contribution is 5.76. The number of rotatable bonds is 11. The van der Waals surface area contributed by atoms with Crippen LogP contribution in [0.5, 0.6) is 23.0 Å². The van der Waals surface area contributed by atoms with E-state index in [2.05, 4.69) is 34.1 Å². The zero-order chi connectivity index (χ0) is 26.6. The minimum absolute atomic E-state index is 0.260. The van der Waals surface area contributed by atoms with Gasteiger partial charge in [-0.2, -0.15) is 0 Å². The van der Waals surface area contributed by atoms with E-state index in [0.29, 0.717) is 12.3 Å². The number of carbonyl (C=O) groups excluding carboxylic acids is 1. The summed E-state index contributed by atoms with van der Waals surface area (Å²) in [7, 11) is 6.72. The summed E-state index contributed by atoms with van der Waals surface area (Å²) in [5.74, 6) is 4.63. The number of hydrogen-bond acceptors (Lipinski definition) is 6. The lowest BCUT2D eigenvalue weighted by molar-refractivity contribution is -0.131. The quantitative estimate of drug-likeness (QED) is 0.434. The van der Waals surface area contributed by atoms with Gasteiger partial charge >= 0.3 is 0 Å². The minimum Gasteiger partial charge on any atom is -0.493 e. The van der Waals surface area contributed by atoms with Gasteiger partial charge in [0, 0.05) is 45.1 Å². The number of fused-ring (bicyclic) bond motifs is 2. The second kappa shape index (κ2) is 11.9. The minimum atomic E-state index is 0.260. The lowest BCUT2D eigenvalue weighted by Gasteiger charge is -2.38. The van der Waals surface area contributed by atoms with Crippen LogP contribution < -0.4 is 18.9 Å². The second-order valence-electron chi connectivity index (χ2n) is 11.0. The van der Waals surface area contributed by atoms with Crippen molar-refractivity contribution in [1.82, 2.24) is 9.80 Å². The van der Waals surface area contributed by atoms with E-state index in [1.165, 1.54) is 41.5 Å². The summed E-state index contributed by atoms with van der Waals surface area (Å²) in [4.78, 5) is 18.0. The van der Waals surface area contributed by atoms with Crippen molar-refractivity contribution in [2.45, 2.75) is 50.9 Å². The van der Waals surface area contributed by atoms with E-state index in [9.17, 15) is 4.79 Å². The molecule has 5 rings (SSSR count). The van der Waals surface area contributed by atoms with Gasteiger partial charge in [0.15, 0.2) is 23.0 Å². The molecule has 1 fully saturated rings. The number of methoxy groups -OCH3 is 4. The summed E-state index contributed by atoms with van der Waals surface area (Å²) in [6.45, 7) is 4.41. The van der Waals surface area contributed by atoms with Crippen molar-refractivity contribution in [1.29, 1.82) is 0 Å². The fraction of sp³-hybridized carbons (Fsp3) is 0.581. The molecule has 38 heavy (non-hydrogen) atoms. The maximum Gasteiger partial charge on any atom is 0.223 e. The maximum absolute atomic E-state index is 13.4. The van der Waals surface area contributed by atoms with E-state index in [1.807, 2.05) is 0 Å². The molecule has 2 aromatic carbocycles. The molecule has 206 valence electrons. The molecule has 1 heterocycles. The van der Waals surface area contributed by atoms with Crippen LogP contribution in [0.25, 0.3) is 0 Å². The number of carbonyl (C=O) groups is 1. The average molecular weight is 523 g/mol. The highest BCUT2D eigenvalue weighted by atomic mass is 16.5. The van der Waals surface area contributed by atoms with Crippen LogP contribution in [0.4, 0.5) is 0 Å². The van der Waals surface area contributed by atoms with Gasteiger partial charge < -0.3 is 28.7 Å². The van der Waals surface area contributed by atoms with Gasteiger partial charge in [0.05, 0.1) is 28.4 Å². The van der Waals surface area contributed by atoms with Gasteiger partial charge in [-0.05, 0) is 84.5 Å². The Kier molecular flexibility index (Phi) is 8.32. The number of hydrogen-bond donors (Lipinski definition) is 0. The van der Waals surface area contributed by atoms with Crippen molar-refractivity contribution in [3.8, 4) is 23.0 Å². The fourth-order valence-electron chi connectivity index (χ4n) is 6.22. The van der Waals surface area contributed by atoms with Gasteiger partial charge in [0.1, 0.15) is 0 Å². The van der Waals surface area contributed by atoms with Crippen LogP contribution >= 0.6 is 0 Å². The highest BCUT2D eigenvalue weighted by Gasteiger charge is 2.32. The monoisotopic (exact) mass is 522 g/mol. The Bertz CT molecular complexity index is 1110. The van der Waals surface area contributed by atoms with Crippen molar-refractivity contribution >= 4 is 5.91 Å². The van der Waals surface area contributed by atoms with Crippen molar-refractivity contribution < 1.29 is 23.7 Å². The maximum atomic E-state index is 13.4. The molecule has 0 saturated heterocycles. The normalized spacial score (nSPS) is 18.6. The molecule has 1 atom stereocenters. The molecular weight excluding hydrogens is 480 g/mol. The first-order valence-electron chi connectivity index (χ1n) is 14.0. The zero-order valence-corrected chi connectivity index (χ0v) is 23.4. The third-order valence-corrected chi connectivity index (χ3v) is 8.77. The zero-order valence-electron chi connectivity index (χ0n) is 23.4. The molecule has 0 bridgehead atoms. The first-order chi connectivity index (χ1) is 18.5. The summed E-state index contributed by atoms with van der Waals surface area (Å²) in [6.07, 6.45) is 7.28. The Labute approximate surface area is 227 Å². The van der Waals surface area contributed by atoms with Gasteiger partial charge in [-0.1, -0.05) is 6.42 Å². The van der Waals surface area contributed by atoms with Crippen LogP contribution in [0.2, 0.25) is 0 Å². The van der Waals surface area contributed by atoms with Crippen LogP contribution in [-0.4, -0.2) is 76.9 Å². The molecule has 1 aliphatic heterocycles. The summed E-state index contributed by atoms with van der Waals surface area (Å²) < 4.78 is 22.0. The Morgan fingerprint density at radius 1 is 0.816 bits per heavy atom. The summed E-state index contributed by atoms with van der Waals surface area (Å²) >= 11 is 0. The van der Waals surface area contributed by atoms with Crippen molar-refractivity contribution in [3.05, 3.63) is 46.5 Å². The smallest absolute Gasteiger partial charge is 0.223 e. The van der Waals surface area contributed by atoms with E-state index in [-0.39, 0.29) is 5.91 Å². The molecule has 3 aliphatic rings. The SMILES string of the molecule is COc1cc2c(cc1OC)CCN(C(=O)CCN(CC1CCC1)C[C@H]1Cc3cc(OC)c(OC)cc31)CC2. The van der Waals surface area contributed by atoms with Crippen LogP contribution in [0, 0.1) is 5.92 Å². The van der Waals surface area contributed by atoms with Gasteiger partial charge in [-0.3, -0.25) is 4.79 Å². The molecule has 0 spiro atoms. The van der Waals surface area contributed by atoms with Gasteiger partial charge in [0.25, 0.3) is 0 Å². The standard InChI is InChI=1S/C31H42N2O5/c1-35-27-15-22-8-12-33(13-9-23(22)16-28(27)36-2)31(34)10-11-32(19-21-6-5-7-21)20-25-14-24-17-29(37-3)30(38-4)18-26(24)25/h15-18,21,25H,5-14,19-20H2,1-4H3/t25-/m1/s1. The predicted molar refractivity (Wildman–Crippen MR) is 148 cm³/mol. The van der Waals surface area contributed by atoms with E-state index in [4.69, 9.17) is 18.9 Å². The number of amides is 1. The van der Waals surface area contributed by atoms with Crippen LogP contribution in [0.3, 0.4) is 0 Å². The van der Waals surface area contributed by atoms with E-state index < -0.39 is 0 Å². The Morgan fingerprint density at radius 2 is 1.37 bits per heavy atom. The predicted octanol–water partition coefficient (Wildman–Crippen LogP) is 4.48. The molecule has 7 heteroatoms. The number of ether oxygens (including phenoxy) is 4. The topological polar surface area (TPSA) is 60.5 Å². The third-order valence-electron chi connectivity index (χ3n) is 8.77.